The zero-order valence-electron chi connectivity index (χ0n) is 20.7. The Hall–Kier alpha value is -4.44. The van der Waals surface area contributed by atoms with Gasteiger partial charge in [-0.3, -0.25) is 4.79 Å². The van der Waals surface area contributed by atoms with Gasteiger partial charge in [0.25, 0.3) is 5.91 Å². The third-order valence-electron chi connectivity index (χ3n) is 5.91. The largest absolute Gasteiger partial charge is 0.320 e. The number of carbonyl (C=O) groups is 1. The highest BCUT2D eigenvalue weighted by atomic mass is 32.2. The number of amides is 1. The molecule has 196 valence electrons. The van der Waals surface area contributed by atoms with Crippen LogP contribution in [-0.4, -0.2) is 29.6 Å². The number of aryl methyl sites for hydroxylation is 1. The average molecular weight is 559 g/mol. The van der Waals surface area contributed by atoms with E-state index in [-0.39, 0.29) is 22.7 Å². The average Bonchev–Trinajstić information content (AvgIpc) is 3.60. The Kier molecular flexibility index (Phi) is 7.47. The minimum absolute atomic E-state index is 0.0359. The molecule has 5 rings (SSSR count). The topological polar surface area (TPSA) is 151 Å². The summed E-state index contributed by atoms with van der Waals surface area (Å²) < 4.78 is 35.5. The normalized spacial score (nSPS) is 12.2. The summed E-state index contributed by atoms with van der Waals surface area (Å²) in [5.41, 5.74) is 2.75. The molecule has 0 radical (unpaired) electrons. The molecule has 2 aromatic heterocycles. The predicted octanol–water partition coefficient (Wildman–Crippen LogP) is 4.63. The Bertz CT molecular complexity index is 1770. The summed E-state index contributed by atoms with van der Waals surface area (Å²) in [5.74, 6) is -0.555. The van der Waals surface area contributed by atoms with Gasteiger partial charge in [-0.1, -0.05) is 42.4 Å². The first-order valence-corrected chi connectivity index (χ1v) is 14.3. The van der Waals surface area contributed by atoms with Gasteiger partial charge in [0.15, 0.2) is 5.69 Å². The molecular formula is C27H22N6O4S2. The van der Waals surface area contributed by atoms with Crippen LogP contribution in [0.3, 0.4) is 0 Å². The number of anilines is 1. The maximum absolute atomic E-state index is 13.6. The molecule has 39 heavy (non-hydrogen) atoms. The van der Waals surface area contributed by atoms with Crippen LogP contribution in [0.5, 0.6) is 0 Å². The van der Waals surface area contributed by atoms with Crippen molar-refractivity contribution in [3.63, 3.8) is 0 Å². The second-order valence-electron chi connectivity index (χ2n) is 8.61. The van der Waals surface area contributed by atoms with Crippen molar-refractivity contribution in [3.05, 3.63) is 100 Å². The van der Waals surface area contributed by atoms with Crippen molar-refractivity contribution in [2.75, 3.05) is 5.32 Å². The smallest absolute Gasteiger partial charge is 0.279 e. The molecule has 3 aromatic carbocycles. The molecular weight excluding hydrogens is 536 g/mol. The number of benzene rings is 3. The molecule has 0 fully saturated rings. The van der Waals surface area contributed by atoms with Crippen LogP contribution in [0.4, 0.5) is 5.69 Å². The van der Waals surface area contributed by atoms with E-state index in [1.165, 1.54) is 29.5 Å². The summed E-state index contributed by atoms with van der Waals surface area (Å²) in [6.07, 6.45) is 0.735. The molecule has 1 unspecified atom stereocenters. The van der Waals surface area contributed by atoms with E-state index in [0.717, 1.165) is 15.8 Å². The fraction of sp³-hybridized carbons (Fsp3) is 0.148. The van der Waals surface area contributed by atoms with Crippen molar-refractivity contribution in [2.45, 2.75) is 30.7 Å². The Morgan fingerprint density at radius 2 is 1.90 bits per heavy atom. The van der Waals surface area contributed by atoms with Gasteiger partial charge in [0, 0.05) is 5.69 Å². The first-order valence-electron chi connectivity index (χ1n) is 12.0. The highest BCUT2D eigenvalue weighted by Gasteiger charge is 2.25. The summed E-state index contributed by atoms with van der Waals surface area (Å²) in [5, 5.41) is 19.9. The van der Waals surface area contributed by atoms with Gasteiger partial charge in [0.2, 0.25) is 10.0 Å². The van der Waals surface area contributed by atoms with Crippen molar-refractivity contribution in [3.8, 4) is 6.07 Å². The van der Waals surface area contributed by atoms with Crippen LogP contribution in [-0.2, 0) is 22.9 Å². The number of sulfonamides is 1. The van der Waals surface area contributed by atoms with E-state index in [1.54, 1.807) is 24.3 Å². The number of carbonyl (C=O) groups excluding carboxylic acids is 1. The molecule has 0 saturated carbocycles. The number of thiazole rings is 1. The van der Waals surface area contributed by atoms with E-state index >= 15 is 0 Å². The Morgan fingerprint density at radius 1 is 1.08 bits per heavy atom. The lowest BCUT2D eigenvalue weighted by molar-refractivity contribution is 0.101. The van der Waals surface area contributed by atoms with Crippen molar-refractivity contribution in [1.82, 2.24) is 20.0 Å². The van der Waals surface area contributed by atoms with E-state index in [4.69, 9.17) is 0 Å². The van der Waals surface area contributed by atoms with E-state index in [1.807, 2.05) is 37.3 Å². The van der Waals surface area contributed by atoms with Crippen molar-refractivity contribution in [1.29, 1.82) is 5.26 Å². The lowest BCUT2D eigenvalue weighted by Gasteiger charge is -2.17. The lowest BCUT2D eigenvalue weighted by Crippen LogP contribution is -2.30. The van der Waals surface area contributed by atoms with Crippen LogP contribution in [0.15, 0.2) is 82.3 Å². The Morgan fingerprint density at radius 3 is 2.69 bits per heavy atom. The molecule has 0 spiro atoms. The lowest BCUT2D eigenvalue weighted by atomic mass is 10.0. The summed E-state index contributed by atoms with van der Waals surface area (Å²) >= 11 is 1.40. The molecule has 1 atom stereocenters. The van der Waals surface area contributed by atoms with Crippen LogP contribution >= 0.6 is 11.3 Å². The summed E-state index contributed by atoms with van der Waals surface area (Å²) in [6, 6.07) is 21.9. The van der Waals surface area contributed by atoms with E-state index < -0.39 is 22.0 Å². The molecule has 1 amide bonds. The maximum Gasteiger partial charge on any atom is 0.279 e. The van der Waals surface area contributed by atoms with Crippen LogP contribution in [0.25, 0.3) is 10.2 Å². The van der Waals surface area contributed by atoms with Crippen LogP contribution in [0.1, 0.15) is 45.3 Å². The van der Waals surface area contributed by atoms with Crippen LogP contribution < -0.4 is 10.0 Å². The molecule has 0 aliphatic carbocycles. The fourth-order valence-corrected chi connectivity index (χ4v) is 6.36. The van der Waals surface area contributed by atoms with Gasteiger partial charge in [-0.2, -0.15) is 5.26 Å². The highest BCUT2D eigenvalue weighted by Crippen LogP contribution is 2.30. The minimum Gasteiger partial charge on any atom is -0.320 e. The molecule has 0 bridgehead atoms. The minimum atomic E-state index is -4.05. The summed E-state index contributed by atoms with van der Waals surface area (Å²) in [7, 11) is -4.05. The Balaban J connectivity index is 1.44. The van der Waals surface area contributed by atoms with Gasteiger partial charge in [-0.05, 0) is 66.0 Å². The van der Waals surface area contributed by atoms with Crippen molar-refractivity contribution in [2.24, 2.45) is 0 Å². The summed E-state index contributed by atoms with van der Waals surface area (Å²) in [6.45, 7) is 1.81. The molecule has 2 N–H and O–H groups in total. The molecule has 0 aliphatic rings. The molecule has 2 heterocycles. The number of hydrogen-bond acceptors (Lipinski definition) is 9. The van der Waals surface area contributed by atoms with Crippen LogP contribution in [0.2, 0.25) is 0 Å². The molecule has 10 nitrogen and oxygen atoms in total. The molecule has 5 aromatic rings. The van der Waals surface area contributed by atoms with Gasteiger partial charge in [-0.15, -0.1) is 11.3 Å². The van der Waals surface area contributed by atoms with Gasteiger partial charge in [-0.25, -0.2) is 22.8 Å². The quantitative estimate of drug-likeness (QED) is 0.266. The number of nitrogens with one attached hydrogen (secondary N) is 2. The van der Waals surface area contributed by atoms with Gasteiger partial charge < -0.3 is 5.32 Å². The van der Waals surface area contributed by atoms with Gasteiger partial charge >= 0.3 is 0 Å². The number of nitrogens with zero attached hydrogens (tertiary/aromatic N) is 4. The number of hydrogen-bond donors (Lipinski definition) is 2. The standard InChI is InChI=1S/C27H22N6O4S2/c1-2-21-25(32-37-31-21)26(34)29-19-9-6-10-20(15-19)39(35,36)33-23(14-17-7-5-8-18(13-17)16-28)27-30-22-11-3-4-12-24(22)38-27/h3-13,15,23,33H,2,14H2,1H3,(H,29,34). The van der Waals surface area contributed by atoms with E-state index in [2.05, 4.69) is 36.0 Å². The number of nitriles is 1. The monoisotopic (exact) mass is 558 g/mol. The number of para-hydroxylation sites is 1. The third kappa shape index (κ3) is 5.85. The first kappa shape index (κ1) is 26.2. The zero-order chi connectivity index (χ0) is 27.4. The van der Waals surface area contributed by atoms with E-state index in [0.29, 0.717) is 22.7 Å². The second kappa shape index (κ2) is 11.1. The SMILES string of the molecule is CCc1nonc1C(=O)Nc1cccc(S(=O)(=O)NC(Cc2cccc(C#N)c2)c2nc3ccccc3s2)c1. The van der Waals surface area contributed by atoms with Crippen molar-refractivity contribution >= 4 is 43.2 Å². The van der Waals surface area contributed by atoms with Gasteiger partial charge in [0.1, 0.15) is 10.7 Å². The number of rotatable bonds is 9. The fourth-order valence-electron chi connectivity index (χ4n) is 4.02. The zero-order valence-corrected chi connectivity index (χ0v) is 22.3. The second-order valence-corrected chi connectivity index (χ2v) is 11.4. The first-order chi connectivity index (χ1) is 18.9. The van der Waals surface area contributed by atoms with Gasteiger partial charge in [0.05, 0.1) is 32.8 Å². The summed E-state index contributed by atoms with van der Waals surface area (Å²) in [4.78, 5) is 17.3. The maximum atomic E-state index is 13.6. The number of fused-ring (bicyclic) bond motifs is 1. The van der Waals surface area contributed by atoms with E-state index in [9.17, 15) is 18.5 Å². The predicted molar refractivity (Wildman–Crippen MR) is 146 cm³/mol. The number of aromatic nitrogens is 3. The third-order valence-corrected chi connectivity index (χ3v) is 8.53. The Labute approximate surface area is 228 Å². The highest BCUT2D eigenvalue weighted by molar-refractivity contribution is 7.89. The molecule has 0 aliphatic heterocycles. The van der Waals surface area contributed by atoms with Crippen LogP contribution in [0, 0.1) is 11.3 Å². The molecule has 12 heteroatoms. The van der Waals surface area contributed by atoms with Crippen molar-refractivity contribution < 1.29 is 17.8 Å². The molecule has 0 saturated heterocycles.